The number of carbonyl (C=O) groups excluding carboxylic acids is 1. The maximum absolute atomic E-state index is 13.6. The van der Waals surface area contributed by atoms with Crippen LogP contribution >= 0.6 is 11.3 Å². The van der Waals surface area contributed by atoms with Crippen LogP contribution < -0.4 is 19.8 Å². The molecule has 33 heavy (non-hydrogen) atoms. The third-order valence-corrected chi connectivity index (χ3v) is 6.60. The van der Waals surface area contributed by atoms with E-state index in [1.54, 1.807) is 18.4 Å². The average Bonchev–Trinajstić information content (AvgIpc) is 3.08. The second-order valence-electron chi connectivity index (χ2n) is 8.20. The van der Waals surface area contributed by atoms with Gasteiger partial charge in [-0.05, 0) is 50.1 Å². The van der Waals surface area contributed by atoms with Crippen LogP contribution in [0.1, 0.15) is 36.6 Å². The molecule has 0 spiro atoms. The minimum Gasteiger partial charge on any atom is -0.463 e. The summed E-state index contributed by atoms with van der Waals surface area (Å²) in [4.78, 5) is 33.7. The molecule has 2 aromatic carbocycles. The van der Waals surface area contributed by atoms with Crippen LogP contribution in [0.4, 0.5) is 5.69 Å². The lowest BCUT2D eigenvalue weighted by atomic mass is 9.95. The smallest absolute Gasteiger partial charge is 0.338 e. The molecule has 0 saturated heterocycles. The molecule has 6 nitrogen and oxygen atoms in total. The Morgan fingerprint density at radius 3 is 2.39 bits per heavy atom. The van der Waals surface area contributed by atoms with Crippen LogP contribution in [0.25, 0.3) is 6.08 Å². The van der Waals surface area contributed by atoms with Gasteiger partial charge >= 0.3 is 5.97 Å². The topological polar surface area (TPSA) is 63.9 Å². The zero-order valence-corrected chi connectivity index (χ0v) is 20.3. The van der Waals surface area contributed by atoms with Crippen molar-refractivity contribution < 1.29 is 9.53 Å². The lowest BCUT2D eigenvalue weighted by molar-refractivity contribution is -0.139. The standard InChI is InChI=1S/C26H27N3O3S/c1-6-32-25(31)22-17(3)27-26-29(23(22)19-11-7-16(2)8-12-19)24(30)21(33-26)15-18-9-13-20(14-10-18)28(4)5/h7-15,23H,6H2,1-5H3/b21-15-/t23-/m1/s1. The van der Waals surface area contributed by atoms with E-state index in [0.29, 0.717) is 20.6 Å². The number of thiazole rings is 1. The van der Waals surface area contributed by atoms with Gasteiger partial charge < -0.3 is 9.64 Å². The highest BCUT2D eigenvalue weighted by Gasteiger charge is 2.33. The molecule has 1 atom stereocenters. The van der Waals surface area contributed by atoms with E-state index in [4.69, 9.17) is 4.74 Å². The van der Waals surface area contributed by atoms with Gasteiger partial charge in [-0.2, -0.15) is 0 Å². The molecule has 0 aliphatic carbocycles. The molecule has 0 fully saturated rings. The molecular weight excluding hydrogens is 434 g/mol. The third-order valence-electron chi connectivity index (χ3n) is 5.62. The van der Waals surface area contributed by atoms with Crippen LogP contribution in [0.15, 0.2) is 69.6 Å². The van der Waals surface area contributed by atoms with Crippen LogP contribution in [0.2, 0.25) is 0 Å². The van der Waals surface area contributed by atoms with Gasteiger partial charge in [0.05, 0.1) is 28.5 Å². The van der Waals surface area contributed by atoms with Gasteiger partial charge in [-0.15, -0.1) is 0 Å². The number of hydrogen-bond acceptors (Lipinski definition) is 6. The molecule has 0 unspecified atom stereocenters. The fourth-order valence-corrected chi connectivity index (χ4v) is 4.92. The molecule has 1 aliphatic heterocycles. The van der Waals surface area contributed by atoms with E-state index < -0.39 is 12.0 Å². The molecule has 0 saturated carbocycles. The number of carbonyl (C=O) groups is 1. The monoisotopic (exact) mass is 461 g/mol. The minimum absolute atomic E-state index is 0.171. The van der Waals surface area contributed by atoms with E-state index in [9.17, 15) is 9.59 Å². The number of aromatic nitrogens is 1. The quantitative estimate of drug-likeness (QED) is 0.548. The van der Waals surface area contributed by atoms with E-state index in [1.165, 1.54) is 11.3 Å². The fourth-order valence-electron chi connectivity index (χ4n) is 3.88. The highest BCUT2D eigenvalue weighted by molar-refractivity contribution is 7.07. The van der Waals surface area contributed by atoms with Gasteiger partial charge in [-0.25, -0.2) is 9.79 Å². The van der Waals surface area contributed by atoms with Gasteiger partial charge in [0.25, 0.3) is 5.56 Å². The largest absolute Gasteiger partial charge is 0.463 e. The van der Waals surface area contributed by atoms with Crippen molar-refractivity contribution in [2.75, 3.05) is 25.6 Å². The predicted molar refractivity (Wildman–Crippen MR) is 132 cm³/mol. The number of benzene rings is 2. The van der Waals surface area contributed by atoms with Crippen LogP contribution in [0, 0.1) is 6.92 Å². The predicted octanol–water partition coefficient (Wildman–Crippen LogP) is 3.17. The lowest BCUT2D eigenvalue weighted by Gasteiger charge is -2.24. The summed E-state index contributed by atoms with van der Waals surface area (Å²) in [6.45, 7) is 5.82. The molecule has 0 N–H and O–H groups in total. The van der Waals surface area contributed by atoms with Crippen molar-refractivity contribution in [3.05, 3.63) is 96.2 Å². The van der Waals surface area contributed by atoms with Gasteiger partial charge in [0.1, 0.15) is 0 Å². The number of ether oxygens (including phenoxy) is 1. The summed E-state index contributed by atoms with van der Waals surface area (Å²) < 4.78 is 7.52. The van der Waals surface area contributed by atoms with E-state index >= 15 is 0 Å². The molecule has 0 radical (unpaired) electrons. The summed E-state index contributed by atoms with van der Waals surface area (Å²) in [7, 11) is 3.98. The highest BCUT2D eigenvalue weighted by Crippen LogP contribution is 2.30. The molecular formula is C26H27N3O3S. The number of anilines is 1. The fraction of sp³-hybridized carbons (Fsp3) is 0.269. The van der Waals surface area contributed by atoms with E-state index in [-0.39, 0.29) is 12.2 Å². The second-order valence-corrected chi connectivity index (χ2v) is 9.21. The van der Waals surface area contributed by atoms with Crippen molar-refractivity contribution in [3.8, 4) is 0 Å². The van der Waals surface area contributed by atoms with Crippen LogP contribution in [-0.4, -0.2) is 31.2 Å². The molecule has 4 rings (SSSR count). The average molecular weight is 462 g/mol. The molecule has 7 heteroatoms. The van der Waals surface area contributed by atoms with Gasteiger partial charge in [-0.1, -0.05) is 53.3 Å². The van der Waals surface area contributed by atoms with Crippen LogP contribution in [0.3, 0.4) is 0 Å². The highest BCUT2D eigenvalue weighted by atomic mass is 32.1. The third kappa shape index (κ3) is 4.41. The van der Waals surface area contributed by atoms with Gasteiger partial charge in [0, 0.05) is 19.8 Å². The SMILES string of the molecule is CCOC(=O)C1=C(C)N=c2s/c(=C\c3ccc(N(C)C)cc3)c(=O)n2[C@@H]1c1ccc(C)cc1. The summed E-state index contributed by atoms with van der Waals surface area (Å²) >= 11 is 1.33. The Kier molecular flexibility index (Phi) is 6.33. The number of rotatable bonds is 5. The van der Waals surface area contributed by atoms with Crippen molar-refractivity contribution in [2.45, 2.75) is 26.8 Å². The van der Waals surface area contributed by atoms with Gasteiger partial charge in [0.2, 0.25) is 0 Å². The number of esters is 1. The molecule has 0 amide bonds. The van der Waals surface area contributed by atoms with Gasteiger partial charge in [-0.3, -0.25) is 9.36 Å². The minimum atomic E-state index is -0.584. The Hall–Kier alpha value is -3.45. The van der Waals surface area contributed by atoms with E-state index in [1.807, 2.05) is 80.5 Å². The van der Waals surface area contributed by atoms with Crippen molar-refractivity contribution >= 4 is 29.1 Å². The first-order valence-electron chi connectivity index (χ1n) is 10.8. The molecule has 3 aromatic rings. The zero-order valence-electron chi connectivity index (χ0n) is 19.5. The second kappa shape index (κ2) is 9.19. The van der Waals surface area contributed by atoms with E-state index in [2.05, 4.69) is 4.99 Å². The molecule has 0 bridgehead atoms. The zero-order chi connectivity index (χ0) is 23.7. The van der Waals surface area contributed by atoms with Crippen molar-refractivity contribution in [1.29, 1.82) is 0 Å². The first-order valence-corrected chi connectivity index (χ1v) is 11.7. The summed E-state index contributed by atoms with van der Waals surface area (Å²) in [6, 6.07) is 15.3. The maximum atomic E-state index is 13.6. The molecule has 2 heterocycles. The number of nitrogens with zero attached hydrogens (tertiary/aromatic N) is 3. The number of allylic oxidation sites excluding steroid dienone is 1. The van der Waals surface area contributed by atoms with Crippen molar-refractivity contribution in [1.82, 2.24) is 4.57 Å². The normalized spacial score (nSPS) is 15.8. The Labute approximate surface area is 196 Å². The van der Waals surface area contributed by atoms with E-state index in [0.717, 1.165) is 22.4 Å². The van der Waals surface area contributed by atoms with Crippen LogP contribution in [-0.2, 0) is 9.53 Å². The Bertz CT molecular complexity index is 1390. The lowest BCUT2D eigenvalue weighted by Crippen LogP contribution is -2.39. The van der Waals surface area contributed by atoms with Crippen molar-refractivity contribution in [2.24, 2.45) is 4.99 Å². The molecule has 1 aliphatic rings. The summed E-state index contributed by atoms with van der Waals surface area (Å²) in [5.41, 5.74) is 4.76. The number of hydrogen-bond donors (Lipinski definition) is 0. The Morgan fingerprint density at radius 1 is 1.12 bits per heavy atom. The van der Waals surface area contributed by atoms with Crippen molar-refractivity contribution in [3.63, 3.8) is 0 Å². The maximum Gasteiger partial charge on any atom is 0.338 e. The first-order chi connectivity index (χ1) is 15.8. The first kappa shape index (κ1) is 22.7. The molecule has 1 aromatic heterocycles. The van der Waals surface area contributed by atoms with Gasteiger partial charge in [0.15, 0.2) is 4.80 Å². The van der Waals surface area contributed by atoms with Crippen LogP contribution in [0.5, 0.6) is 0 Å². The summed E-state index contributed by atoms with van der Waals surface area (Å²) in [6.07, 6.45) is 1.87. The summed E-state index contributed by atoms with van der Waals surface area (Å²) in [5, 5.41) is 0. The number of fused-ring (bicyclic) bond motifs is 1. The summed E-state index contributed by atoms with van der Waals surface area (Å²) in [5.74, 6) is -0.446. The Morgan fingerprint density at radius 2 is 1.79 bits per heavy atom. The Balaban J connectivity index is 1.90. The number of aryl methyl sites for hydroxylation is 1. The molecule has 170 valence electrons.